The number of benzene rings is 2. The van der Waals surface area contributed by atoms with Crippen LogP contribution in [0.25, 0.3) is 0 Å². The standard InChI is InChI=1S/C21H26N2O4/c1-25-19-8-7-16(13-20(19)26-2)21(24)22-14-17-5-3-4-6-18(17)15-23-9-11-27-12-10-23/h3-8,13H,9-12,14-15H2,1-2H3,(H,22,24)/p+1. The van der Waals surface area contributed by atoms with Gasteiger partial charge in [-0.05, 0) is 23.8 Å². The van der Waals surface area contributed by atoms with Gasteiger partial charge in [0.05, 0.1) is 27.4 Å². The van der Waals surface area contributed by atoms with Gasteiger partial charge in [0.1, 0.15) is 19.6 Å². The van der Waals surface area contributed by atoms with E-state index >= 15 is 0 Å². The first-order valence-electron chi connectivity index (χ1n) is 9.19. The van der Waals surface area contributed by atoms with Crippen LogP contribution in [0.4, 0.5) is 0 Å². The number of morpholine rings is 1. The molecule has 1 fully saturated rings. The second-order valence-electron chi connectivity index (χ2n) is 6.56. The first kappa shape index (κ1) is 19.2. The van der Waals surface area contributed by atoms with Crippen LogP contribution in [0.3, 0.4) is 0 Å². The lowest BCUT2D eigenvalue weighted by molar-refractivity contribution is -0.921. The van der Waals surface area contributed by atoms with E-state index in [1.165, 1.54) is 10.5 Å². The van der Waals surface area contributed by atoms with Crippen LogP contribution >= 0.6 is 0 Å². The van der Waals surface area contributed by atoms with Crippen molar-refractivity contribution in [2.75, 3.05) is 40.5 Å². The van der Waals surface area contributed by atoms with Crippen molar-refractivity contribution in [3.63, 3.8) is 0 Å². The summed E-state index contributed by atoms with van der Waals surface area (Å²) in [5, 5.41) is 3.01. The largest absolute Gasteiger partial charge is 0.493 e. The molecule has 3 rings (SSSR count). The topological polar surface area (TPSA) is 61.2 Å². The van der Waals surface area contributed by atoms with Crippen molar-refractivity contribution in [3.05, 3.63) is 59.2 Å². The summed E-state index contributed by atoms with van der Waals surface area (Å²) in [5.74, 6) is 1.01. The van der Waals surface area contributed by atoms with Crippen molar-refractivity contribution in [1.29, 1.82) is 0 Å². The van der Waals surface area contributed by atoms with Crippen LogP contribution in [0.2, 0.25) is 0 Å². The third-order valence-corrected chi connectivity index (χ3v) is 4.84. The summed E-state index contributed by atoms with van der Waals surface area (Å²) in [4.78, 5) is 14.1. The summed E-state index contributed by atoms with van der Waals surface area (Å²) in [6, 6.07) is 13.4. The van der Waals surface area contributed by atoms with Gasteiger partial charge in [0.15, 0.2) is 11.5 Å². The molecule has 1 aliphatic heterocycles. The average Bonchev–Trinajstić information content (AvgIpc) is 2.73. The number of hydrogen-bond donors (Lipinski definition) is 2. The Morgan fingerprint density at radius 3 is 2.44 bits per heavy atom. The smallest absolute Gasteiger partial charge is 0.251 e. The molecule has 2 aromatic carbocycles. The molecule has 0 aliphatic carbocycles. The summed E-state index contributed by atoms with van der Waals surface area (Å²) in [5.41, 5.74) is 2.95. The minimum atomic E-state index is -0.135. The second-order valence-corrected chi connectivity index (χ2v) is 6.56. The highest BCUT2D eigenvalue weighted by Gasteiger charge is 2.16. The van der Waals surface area contributed by atoms with Crippen molar-refractivity contribution in [1.82, 2.24) is 5.32 Å². The number of rotatable bonds is 7. The molecule has 1 amide bonds. The number of carbonyl (C=O) groups is 1. The summed E-state index contributed by atoms with van der Waals surface area (Å²) in [6.45, 7) is 5.11. The lowest BCUT2D eigenvalue weighted by Crippen LogP contribution is -3.12. The quantitative estimate of drug-likeness (QED) is 0.764. The fourth-order valence-corrected chi connectivity index (χ4v) is 3.26. The van der Waals surface area contributed by atoms with Crippen molar-refractivity contribution in [2.45, 2.75) is 13.1 Å². The number of hydrogen-bond acceptors (Lipinski definition) is 4. The van der Waals surface area contributed by atoms with Gasteiger partial charge in [0, 0.05) is 17.7 Å². The molecular formula is C21H27N2O4+. The third-order valence-electron chi connectivity index (χ3n) is 4.84. The number of carbonyl (C=O) groups excluding carboxylic acids is 1. The minimum absolute atomic E-state index is 0.135. The van der Waals surface area contributed by atoms with Gasteiger partial charge >= 0.3 is 0 Å². The number of nitrogens with one attached hydrogen (secondary N) is 2. The Balaban J connectivity index is 1.65. The number of ether oxygens (including phenoxy) is 3. The van der Waals surface area contributed by atoms with Crippen molar-refractivity contribution >= 4 is 5.91 Å². The zero-order chi connectivity index (χ0) is 19.1. The Morgan fingerprint density at radius 1 is 1.04 bits per heavy atom. The monoisotopic (exact) mass is 371 g/mol. The van der Waals surface area contributed by atoms with Gasteiger partial charge < -0.3 is 24.4 Å². The molecule has 0 atom stereocenters. The van der Waals surface area contributed by atoms with Gasteiger partial charge in [-0.3, -0.25) is 4.79 Å². The van der Waals surface area contributed by atoms with Crippen LogP contribution < -0.4 is 19.7 Å². The highest BCUT2D eigenvalue weighted by molar-refractivity contribution is 5.94. The Kier molecular flexibility index (Phi) is 6.68. The van der Waals surface area contributed by atoms with E-state index in [4.69, 9.17) is 14.2 Å². The molecule has 1 heterocycles. The first-order chi connectivity index (χ1) is 13.2. The van der Waals surface area contributed by atoms with Gasteiger partial charge in [0.2, 0.25) is 0 Å². The molecule has 0 bridgehead atoms. The lowest BCUT2D eigenvalue weighted by atomic mass is 10.1. The van der Waals surface area contributed by atoms with Crippen molar-refractivity contribution in [2.24, 2.45) is 0 Å². The molecule has 27 heavy (non-hydrogen) atoms. The molecule has 1 saturated heterocycles. The van der Waals surface area contributed by atoms with Gasteiger partial charge in [-0.15, -0.1) is 0 Å². The molecule has 6 heteroatoms. The normalized spacial score (nSPS) is 14.6. The Bertz CT molecular complexity index is 773. The summed E-state index contributed by atoms with van der Waals surface area (Å²) < 4.78 is 15.9. The van der Waals surface area contributed by atoms with Crippen LogP contribution in [0.1, 0.15) is 21.5 Å². The van der Waals surface area contributed by atoms with Gasteiger partial charge in [-0.25, -0.2) is 0 Å². The Labute approximate surface area is 160 Å². The zero-order valence-electron chi connectivity index (χ0n) is 15.9. The molecule has 0 spiro atoms. The summed E-state index contributed by atoms with van der Waals surface area (Å²) >= 11 is 0. The maximum absolute atomic E-state index is 12.6. The predicted molar refractivity (Wildman–Crippen MR) is 102 cm³/mol. The molecule has 1 aliphatic rings. The first-order valence-corrected chi connectivity index (χ1v) is 9.19. The average molecular weight is 371 g/mol. The molecule has 0 aromatic heterocycles. The number of amides is 1. The van der Waals surface area contributed by atoms with Crippen molar-refractivity contribution in [3.8, 4) is 11.5 Å². The summed E-state index contributed by atoms with van der Waals surface area (Å²) in [6.07, 6.45) is 0. The number of methoxy groups -OCH3 is 2. The van der Waals surface area contributed by atoms with Crippen LogP contribution in [0.15, 0.2) is 42.5 Å². The second kappa shape index (κ2) is 9.39. The van der Waals surface area contributed by atoms with Crippen LogP contribution in [0.5, 0.6) is 11.5 Å². The fourth-order valence-electron chi connectivity index (χ4n) is 3.26. The lowest BCUT2D eigenvalue weighted by Gasteiger charge is -2.24. The molecular weight excluding hydrogens is 344 g/mol. The summed E-state index contributed by atoms with van der Waals surface area (Å²) in [7, 11) is 3.13. The van der Waals surface area contributed by atoms with Gasteiger partial charge in [0.25, 0.3) is 5.91 Å². The zero-order valence-corrected chi connectivity index (χ0v) is 15.9. The molecule has 2 N–H and O–H groups in total. The highest BCUT2D eigenvalue weighted by atomic mass is 16.5. The predicted octanol–water partition coefficient (Wildman–Crippen LogP) is 1.05. The van der Waals surface area contributed by atoms with E-state index in [1.54, 1.807) is 32.4 Å². The van der Waals surface area contributed by atoms with Crippen LogP contribution in [-0.4, -0.2) is 46.4 Å². The van der Waals surface area contributed by atoms with Crippen molar-refractivity contribution < 1.29 is 23.9 Å². The fraction of sp³-hybridized carbons (Fsp3) is 0.381. The number of quaternary nitrogens is 1. The van der Waals surface area contributed by atoms with Gasteiger partial charge in [-0.1, -0.05) is 24.3 Å². The Morgan fingerprint density at radius 2 is 1.74 bits per heavy atom. The van der Waals surface area contributed by atoms with E-state index in [2.05, 4.69) is 23.5 Å². The minimum Gasteiger partial charge on any atom is -0.493 e. The Hall–Kier alpha value is -2.57. The van der Waals surface area contributed by atoms with E-state index in [-0.39, 0.29) is 5.91 Å². The van der Waals surface area contributed by atoms with E-state index in [1.807, 2.05) is 6.07 Å². The van der Waals surface area contributed by atoms with Gasteiger partial charge in [-0.2, -0.15) is 0 Å². The van der Waals surface area contributed by atoms with Crippen LogP contribution in [0, 0.1) is 0 Å². The maximum atomic E-state index is 12.6. The molecule has 6 nitrogen and oxygen atoms in total. The SMILES string of the molecule is COc1ccc(C(=O)NCc2ccccc2C[NH+]2CCOCC2)cc1OC. The molecule has 0 saturated carbocycles. The van der Waals surface area contributed by atoms with E-state index in [0.29, 0.717) is 23.6 Å². The third kappa shape index (κ3) is 4.99. The van der Waals surface area contributed by atoms with E-state index in [9.17, 15) is 4.79 Å². The van der Waals surface area contributed by atoms with Crippen LogP contribution in [-0.2, 0) is 17.8 Å². The van der Waals surface area contributed by atoms with E-state index in [0.717, 1.165) is 38.4 Å². The molecule has 2 aromatic rings. The highest BCUT2D eigenvalue weighted by Crippen LogP contribution is 2.27. The molecule has 0 unspecified atom stereocenters. The molecule has 0 radical (unpaired) electrons. The maximum Gasteiger partial charge on any atom is 0.251 e. The molecule has 144 valence electrons. The van der Waals surface area contributed by atoms with E-state index < -0.39 is 0 Å².